The summed E-state index contributed by atoms with van der Waals surface area (Å²) in [4.78, 5) is 37.2. The lowest BCUT2D eigenvalue weighted by Gasteiger charge is -2.33. The van der Waals surface area contributed by atoms with Gasteiger partial charge < -0.3 is 15.0 Å². The zero-order valence-electron chi connectivity index (χ0n) is 18.1. The Labute approximate surface area is 200 Å². The summed E-state index contributed by atoms with van der Waals surface area (Å²) in [6.45, 7) is 1.94. The minimum Gasteiger partial charge on any atom is -0.479 e. The number of fused-ring (bicyclic) bond motifs is 1. The highest BCUT2D eigenvalue weighted by molar-refractivity contribution is 6.31. The van der Waals surface area contributed by atoms with Crippen molar-refractivity contribution < 1.29 is 19.2 Å². The first-order chi connectivity index (χ1) is 16.3. The summed E-state index contributed by atoms with van der Waals surface area (Å²) >= 11 is 6.30. The van der Waals surface area contributed by atoms with Crippen molar-refractivity contribution in [1.29, 1.82) is 0 Å². The highest BCUT2D eigenvalue weighted by Crippen LogP contribution is 2.37. The number of halogens is 1. The number of nitro groups is 1. The number of benzene rings is 3. The molecule has 0 saturated heterocycles. The Morgan fingerprint density at radius 1 is 1.18 bits per heavy atom. The van der Waals surface area contributed by atoms with E-state index in [0.29, 0.717) is 27.7 Å². The van der Waals surface area contributed by atoms with Gasteiger partial charge in [-0.25, -0.2) is 0 Å². The van der Waals surface area contributed by atoms with E-state index >= 15 is 0 Å². The summed E-state index contributed by atoms with van der Waals surface area (Å²) in [5.74, 6) is -0.0834. The molecule has 3 aromatic rings. The lowest BCUT2D eigenvalue weighted by molar-refractivity contribution is -0.384. The van der Waals surface area contributed by atoms with Crippen LogP contribution in [-0.2, 0) is 16.1 Å². The molecular weight excluding hydrogens is 458 g/mol. The van der Waals surface area contributed by atoms with Crippen LogP contribution in [0.4, 0.5) is 17.1 Å². The van der Waals surface area contributed by atoms with E-state index in [1.54, 1.807) is 54.3 Å². The van der Waals surface area contributed by atoms with Crippen molar-refractivity contribution in [2.45, 2.75) is 19.6 Å². The Morgan fingerprint density at radius 2 is 1.91 bits per heavy atom. The monoisotopic (exact) mass is 477 g/mol. The number of hydrogen-bond acceptors (Lipinski definition) is 5. The van der Waals surface area contributed by atoms with E-state index in [2.05, 4.69) is 5.32 Å². The molecule has 0 saturated carbocycles. The van der Waals surface area contributed by atoms with Crippen LogP contribution in [0.5, 0.6) is 5.75 Å². The number of carbonyl (C=O) groups is 2. The third-order valence-electron chi connectivity index (χ3n) is 5.25. The second-order valence-electron chi connectivity index (χ2n) is 7.63. The van der Waals surface area contributed by atoms with E-state index in [1.165, 1.54) is 18.2 Å². The summed E-state index contributed by atoms with van der Waals surface area (Å²) in [6, 6.07) is 18.2. The van der Waals surface area contributed by atoms with Crippen molar-refractivity contribution in [2.75, 3.05) is 10.2 Å². The fourth-order valence-electron chi connectivity index (χ4n) is 3.51. The number of non-ortho nitro benzene ring substituents is 1. The van der Waals surface area contributed by atoms with Crippen LogP contribution in [0.1, 0.15) is 18.1 Å². The number of nitrogens with zero attached hydrogens (tertiary/aromatic N) is 2. The molecule has 172 valence electrons. The minimum absolute atomic E-state index is 0.0249. The van der Waals surface area contributed by atoms with Gasteiger partial charge in [0.1, 0.15) is 5.75 Å². The van der Waals surface area contributed by atoms with Crippen LogP contribution in [0, 0.1) is 10.1 Å². The second kappa shape index (κ2) is 9.76. The normalized spacial score (nSPS) is 15.1. The van der Waals surface area contributed by atoms with Crippen LogP contribution in [0.2, 0.25) is 5.02 Å². The maximum atomic E-state index is 12.9. The molecule has 9 heteroatoms. The molecule has 0 radical (unpaired) electrons. The summed E-state index contributed by atoms with van der Waals surface area (Å²) in [5.41, 5.74) is 2.42. The van der Waals surface area contributed by atoms with Gasteiger partial charge >= 0.3 is 0 Å². The minimum atomic E-state index is -0.653. The molecule has 8 nitrogen and oxygen atoms in total. The zero-order chi connectivity index (χ0) is 24.2. The van der Waals surface area contributed by atoms with Gasteiger partial charge in [0, 0.05) is 28.9 Å². The van der Waals surface area contributed by atoms with Crippen LogP contribution in [-0.4, -0.2) is 22.8 Å². The van der Waals surface area contributed by atoms with Gasteiger partial charge in [-0.2, -0.15) is 0 Å². The van der Waals surface area contributed by atoms with Gasteiger partial charge in [-0.1, -0.05) is 29.8 Å². The number of nitrogens with one attached hydrogen (secondary N) is 1. The Kier molecular flexibility index (Phi) is 6.60. The van der Waals surface area contributed by atoms with Crippen molar-refractivity contribution in [1.82, 2.24) is 0 Å². The molecular formula is C25H20ClN3O5. The largest absolute Gasteiger partial charge is 0.479 e. The number of hydrogen-bond donors (Lipinski definition) is 1. The fourth-order valence-corrected chi connectivity index (χ4v) is 3.70. The average molecular weight is 478 g/mol. The molecule has 4 rings (SSSR count). The van der Waals surface area contributed by atoms with Crippen molar-refractivity contribution in [3.63, 3.8) is 0 Å². The van der Waals surface area contributed by atoms with Crippen molar-refractivity contribution in [3.05, 3.63) is 99.1 Å². The summed E-state index contributed by atoms with van der Waals surface area (Å²) in [6.07, 6.45) is 2.22. The number of carbonyl (C=O) groups excluding carboxylic acids is 2. The number of anilines is 2. The lowest BCUT2D eigenvalue weighted by Crippen LogP contribution is -2.44. The fraction of sp³-hybridized carbons (Fsp3) is 0.120. The molecule has 0 bridgehead atoms. The Morgan fingerprint density at radius 3 is 2.62 bits per heavy atom. The molecule has 0 aromatic heterocycles. The Bertz CT molecular complexity index is 1290. The van der Waals surface area contributed by atoms with E-state index < -0.39 is 16.9 Å². The van der Waals surface area contributed by atoms with Crippen LogP contribution in [0.25, 0.3) is 6.08 Å². The topological polar surface area (TPSA) is 102 Å². The third-order valence-corrected chi connectivity index (χ3v) is 5.62. The summed E-state index contributed by atoms with van der Waals surface area (Å²) in [5, 5.41) is 14.1. The summed E-state index contributed by atoms with van der Waals surface area (Å²) in [7, 11) is 0. The predicted molar refractivity (Wildman–Crippen MR) is 130 cm³/mol. The zero-order valence-corrected chi connectivity index (χ0v) is 18.9. The molecule has 2 amide bonds. The molecule has 0 aliphatic carbocycles. The Hall–Kier alpha value is -4.17. The molecule has 0 fully saturated rings. The van der Waals surface area contributed by atoms with Gasteiger partial charge in [-0.05, 0) is 60.5 Å². The first-order valence-corrected chi connectivity index (χ1v) is 10.8. The molecule has 1 atom stereocenters. The predicted octanol–water partition coefficient (Wildman–Crippen LogP) is 5.21. The standard InChI is InChI=1S/C25H20ClN3O5/c1-16-25(31)28(15-18-4-2-3-5-21(18)26)22-14-19(9-12-23(22)34-16)27-24(30)13-8-17-6-10-20(11-7-17)29(32)33/h2-14,16H,15H2,1H3,(H,27,30)/b13-8+. The Balaban J connectivity index is 1.53. The molecule has 1 aliphatic heterocycles. The number of nitro benzene ring substituents is 1. The van der Waals surface area contributed by atoms with Crippen LogP contribution in [0.3, 0.4) is 0 Å². The van der Waals surface area contributed by atoms with Crippen LogP contribution >= 0.6 is 11.6 Å². The van der Waals surface area contributed by atoms with Crippen molar-refractivity contribution in [3.8, 4) is 5.75 Å². The lowest BCUT2D eigenvalue weighted by atomic mass is 10.1. The molecule has 3 aromatic carbocycles. The van der Waals surface area contributed by atoms with Crippen molar-refractivity contribution >= 4 is 46.6 Å². The summed E-state index contributed by atoms with van der Waals surface area (Å²) < 4.78 is 5.74. The van der Waals surface area contributed by atoms with E-state index in [9.17, 15) is 19.7 Å². The highest BCUT2D eigenvalue weighted by Gasteiger charge is 2.32. The van der Waals surface area contributed by atoms with E-state index in [4.69, 9.17) is 16.3 Å². The molecule has 1 heterocycles. The third kappa shape index (κ3) is 5.07. The number of rotatable bonds is 6. The van der Waals surface area contributed by atoms with Gasteiger partial charge in [0.15, 0.2) is 6.10 Å². The maximum Gasteiger partial charge on any atom is 0.269 e. The highest BCUT2D eigenvalue weighted by atomic mass is 35.5. The average Bonchev–Trinajstić information content (AvgIpc) is 2.82. The van der Waals surface area contributed by atoms with Crippen LogP contribution in [0.15, 0.2) is 72.8 Å². The van der Waals surface area contributed by atoms with E-state index in [1.807, 2.05) is 18.2 Å². The second-order valence-corrected chi connectivity index (χ2v) is 8.04. The SMILES string of the molecule is CC1Oc2ccc(NC(=O)/C=C/c3ccc([N+](=O)[O-])cc3)cc2N(Cc2ccccc2Cl)C1=O. The number of ether oxygens (including phenoxy) is 1. The molecule has 1 unspecified atom stereocenters. The first kappa shape index (κ1) is 23.0. The van der Waals surface area contributed by atoms with E-state index in [-0.39, 0.29) is 18.1 Å². The first-order valence-electron chi connectivity index (χ1n) is 10.4. The van der Waals surface area contributed by atoms with Gasteiger partial charge in [0.2, 0.25) is 5.91 Å². The van der Waals surface area contributed by atoms with Gasteiger partial charge in [-0.3, -0.25) is 19.7 Å². The molecule has 0 spiro atoms. The van der Waals surface area contributed by atoms with Crippen LogP contribution < -0.4 is 15.0 Å². The van der Waals surface area contributed by atoms with Gasteiger partial charge in [0.05, 0.1) is 17.2 Å². The van der Waals surface area contributed by atoms with Gasteiger partial charge in [0.25, 0.3) is 11.6 Å². The molecule has 34 heavy (non-hydrogen) atoms. The van der Waals surface area contributed by atoms with Gasteiger partial charge in [-0.15, -0.1) is 0 Å². The quantitative estimate of drug-likeness (QED) is 0.298. The number of amides is 2. The smallest absolute Gasteiger partial charge is 0.269 e. The van der Waals surface area contributed by atoms with Crippen molar-refractivity contribution in [2.24, 2.45) is 0 Å². The van der Waals surface area contributed by atoms with E-state index in [0.717, 1.165) is 5.56 Å². The maximum absolute atomic E-state index is 12.9. The molecule has 1 aliphatic rings. The molecule has 1 N–H and O–H groups in total.